The van der Waals surface area contributed by atoms with Gasteiger partial charge in [-0.3, -0.25) is 9.69 Å². The number of aryl methyl sites for hydroxylation is 1. The van der Waals surface area contributed by atoms with Crippen molar-refractivity contribution in [3.8, 4) is 0 Å². The van der Waals surface area contributed by atoms with Crippen LogP contribution in [0.5, 0.6) is 0 Å². The van der Waals surface area contributed by atoms with Crippen molar-refractivity contribution in [1.82, 2.24) is 15.2 Å². The Morgan fingerprint density at radius 3 is 2.89 bits per heavy atom. The second-order valence-electron chi connectivity index (χ2n) is 8.07. The van der Waals surface area contributed by atoms with Crippen molar-refractivity contribution in [3.63, 3.8) is 0 Å². The van der Waals surface area contributed by atoms with Crippen molar-refractivity contribution < 1.29 is 9.53 Å². The summed E-state index contributed by atoms with van der Waals surface area (Å²) in [5.74, 6) is 1.93. The number of benzene rings is 1. The van der Waals surface area contributed by atoms with E-state index in [-0.39, 0.29) is 11.8 Å². The molecule has 0 saturated carbocycles. The molecular formula is C21H26N4O2. The molecule has 27 heavy (non-hydrogen) atoms. The van der Waals surface area contributed by atoms with E-state index in [0.717, 1.165) is 63.8 Å². The van der Waals surface area contributed by atoms with Crippen molar-refractivity contribution in [2.75, 3.05) is 50.8 Å². The zero-order chi connectivity index (χ0) is 18.4. The smallest absolute Gasteiger partial charge is 0.224 e. The van der Waals surface area contributed by atoms with E-state index in [1.807, 2.05) is 0 Å². The lowest BCUT2D eigenvalue weighted by Gasteiger charge is -2.31. The second-order valence-corrected chi connectivity index (χ2v) is 8.07. The van der Waals surface area contributed by atoms with Crippen LogP contribution >= 0.6 is 0 Å². The van der Waals surface area contributed by atoms with Crippen LogP contribution < -0.4 is 10.2 Å². The number of carbonyl (C=O) groups excluding carboxylic acids is 1. The number of carbonyl (C=O) groups is 1. The molecule has 2 atom stereocenters. The number of hydrogen-bond donors (Lipinski definition) is 1. The first-order chi connectivity index (χ1) is 13.2. The summed E-state index contributed by atoms with van der Waals surface area (Å²) in [6.45, 7) is 8.88. The van der Waals surface area contributed by atoms with Crippen LogP contribution in [-0.4, -0.2) is 61.7 Å². The SMILES string of the molecule is Cc1ccc2cc(CN3C[C@@H]4CNC(=O)[C@@H]4C3)c(N3CCOCC3)nc2c1. The van der Waals surface area contributed by atoms with E-state index in [2.05, 4.69) is 46.3 Å². The minimum atomic E-state index is 0.160. The van der Waals surface area contributed by atoms with E-state index in [4.69, 9.17) is 9.72 Å². The van der Waals surface area contributed by atoms with Gasteiger partial charge in [-0.05, 0) is 24.6 Å². The van der Waals surface area contributed by atoms with Crippen LogP contribution in [0.25, 0.3) is 10.9 Å². The molecule has 142 valence electrons. The van der Waals surface area contributed by atoms with Crippen molar-refractivity contribution in [2.24, 2.45) is 11.8 Å². The summed E-state index contributed by atoms with van der Waals surface area (Å²) < 4.78 is 5.54. The van der Waals surface area contributed by atoms with Gasteiger partial charge in [0.1, 0.15) is 5.82 Å². The van der Waals surface area contributed by atoms with Crippen LogP contribution in [-0.2, 0) is 16.1 Å². The standard InChI is InChI=1S/C21H26N4O2/c1-14-2-3-15-9-16(11-24-12-17-10-22-21(26)18(17)13-24)20(23-19(15)8-14)25-4-6-27-7-5-25/h2-3,8-9,17-18H,4-7,10-13H2,1H3,(H,22,26)/t17-,18+/m0/s1. The molecule has 0 spiro atoms. The number of ether oxygens (including phenoxy) is 1. The Morgan fingerprint density at radius 2 is 2.07 bits per heavy atom. The van der Waals surface area contributed by atoms with E-state index < -0.39 is 0 Å². The third-order valence-electron chi connectivity index (χ3n) is 6.13. The molecule has 3 saturated heterocycles. The maximum atomic E-state index is 12.0. The molecule has 1 aromatic carbocycles. The predicted octanol–water partition coefficient (Wildman–Crippen LogP) is 1.56. The highest BCUT2D eigenvalue weighted by Gasteiger charge is 2.42. The topological polar surface area (TPSA) is 57.7 Å². The van der Waals surface area contributed by atoms with E-state index in [0.29, 0.717) is 5.92 Å². The first-order valence-corrected chi connectivity index (χ1v) is 9.90. The number of morpholine rings is 1. The van der Waals surface area contributed by atoms with Crippen molar-refractivity contribution >= 4 is 22.6 Å². The van der Waals surface area contributed by atoms with Crippen LogP contribution in [0.3, 0.4) is 0 Å². The Hall–Kier alpha value is -2.18. The van der Waals surface area contributed by atoms with Crippen LogP contribution in [0, 0.1) is 18.8 Å². The van der Waals surface area contributed by atoms with Gasteiger partial charge in [-0.2, -0.15) is 0 Å². The number of anilines is 1. The van der Waals surface area contributed by atoms with Crippen LogP contribution in [0.15, 0.2) is 24.3 Å². The van der Waals surface area contributed by atoms with Crippen LogP contribution in [0.4, 0.5) is 5.82 Å². The molecule has 0 aliphatic carbocycles. The molecule has 0 radical (unpaired) electrons. The van der Waals surface area contributed by atoms with E-state index in [1.165, 1.54) is 16.5 Å². The van der Waals surface area contributed by atoms with Gasteiger partial charge >= 0.3 is 0 Å². The average Bonchev–Trinajstić information content (AvgIpc) is 3.23. The van der Waals surface area contributed by atoms with Gasteiger partial charge in [-0.15, -0.1) is 0 Å². The lowest BCUT2D eigenvalue weighted by Crippen LogP contribution is -2.38. The largest absolute Gasteiger partial charge is 0.378 e. The highest BCUT2D eigenvalue weighted by atomic mass is 16.5. The molecule has 3 aliphatic heterocycles. The Morgan fingerprint density at radius 1 is 1.22 bits per heavy atom. The Balaban J connectivity index is 1.47. The number of hydrogen-bond acceptors (Lipinski definition) is 5. The maximum absolute atomic E-state index is 12.0. The Labute approximate surface area is 159 Å². The summed E-state index contributed by atoms with van der Waals surface area (Å²) >= 11 is 0. The minimum absolute atomic E-state index is 0.160. The molecule has 6 heteroatoms. The molecule has 0 bridgehead atoms. The fourth-order valence-electron chi connectivity index (χ4n) is 4.67. The Bertz CT molecular complexity index is 878. The monoisotopic (exact) mass is 366 g/mol. The summed E-state index contributed by atoms with van der Waals surface area (Å²) in [6.07, 6.45) is 0. The summed E-state index contributed by atoms with van der Waals surface area (Å²) in [4.78, 5) is 21.8. The fraction of sp³-hybridized carbons (Fsp3) is 0.524. The van der Waals surface area contributed by atoms with Gasteiger partial charge in [0, 0.05) is 56.1 Å². The van der Waals surface area contributed by atoms with E-state index in [9.17, 15) is 4.79 Å². The van der Waals surface area contributed by atoms with Gasteiger partial charge in [0.05, 0.1) is 24.6 Å². The first kappa shape index (κ1) is 17.0. The van der Waals surface area contributed by atoms with Gasteiger partial charge in [0.2, 0.25) is 5.91 Å². The quantitative estimate of drug-likeness (QED) is 0.893. The molecule has 0 unspecified atom stereocenters. The van der Waals surface area contributed by atoms with Crippen molar-refractivity contribution in [2.45, 2.75) is 13.5 Å². The van der Waals surface area contributed by atoms with Crippen LogP contribution in [0.1, 0.15) is 11.1 Å². The second kappa shape index (κ2) is 6.77. The summed E-state index contributed by atoms with van der Waals surface area (Å²) in [6, 6.07) is 8.76. The summed E-state index contributed by atoms with van der Waals surface area (Å²) in [7, 11) is 0. The lowest BCUT2D eigenvalue weighted by atomic mass is 10.0. The molecule has 3 fully saturated rings. The van der Waals surface area contributed by atoms with Gasteiger partial charge in [0.25, 0.3) is 0 Å². The fourth-order valence-corrected chi connectivity index (χ4v) is 4.67. The zero-order valence-corrected chi connectivity index (χ0v) is 15.8. The normalized spacial score (nSPS) is 25.8. The molecule has 1 amide bonds. The predicted molar refractivity (Wildman–Crippen MR) is 105 cm³/mol. The molecule has 1 aromatic heterocycles. The molecule has 2 aromatic rings. The Kier molecular flexibility index (Phi) is 4.25. The number of amides is 1. The number of fused-ring (bicyclic) bond motifs is 2. The number of rotatable bonds is 3. The summed E-state index contributed by atoms with van der Waals surface area (Å²) in [5.41, 5.74) is 3.54. The third kappa shape index (κ3) is 3.17. The molecule has 5 rings (SSSR count). The molecule has 3 aliphatic rings. The van der Waals surface area contributed by atoms with E-state index in [1.54, 1.807) is 0 Å². The van der Waals surface area contributed by atoms with Crippen molar-refractivity contribution in [3.05, 3.63) is 35.4 Å². The van der Waals surface area contributed by atoms with E-state index >= 15 is 0 Å². The molecular weight excluding hydrogens is 340 g/mol. The van der Waals surface area contributed by atoms with Gasteiger partial charge in [-0.25, -0.2) is 4.98 Å². The van der Waals surface area contributed by atoms with Gasteiger partial charge < -0.3 is 15.0 Å². The van der Waals surface area contributed by atoms with Crippen molar-refractivity contribution in [1.29, 1.82) is 0 Å². The van der Waals surface area contributed by atoms with Gasteiger partial charge in [0.15, 0.2) is 0 Å². The molecule has 6 nitrogen and oxygen atoms in total. The highest BCUT2D eigenvalue weighted by molar-refractivity contribution is 5.83. The maximum Gasteiger partial charge on any atom is 0.224 e. The number of aromatic nitrogens is 1. The minimum Gasteiger partial charge on any atom is -0.378 e. The van der Waals surface area contributed by atoms with Gasteiger partial charge in [-0.1, -0.05) is 12.1 Å². The lowest BCUT2D eigenvalue weighted by molar-refractivity contribution is -0.122. The number of pyridine rings is 1. The third-order valence-corrected chi connectivity index (χ3v) is 6.13. The number of nitrogens with one attached hydrogen (secondary N) is 1. The number of nitrogens with zero attached hydrogens (tertiary/aromatic N) is 3. The van der Waals surface area contributed by atoms with Crippen LogP contribution in [0.2, 0.25) is 0 Å². The average molecular weight is 366 g/mol. The molecule has 4 heterocycles. The zero-order valence-electron chi connectivity index (χ0n) is 15.8. The first-order valence-electron chi connectivity index (χ1n) is 9.90. The molecule has 1 N–H and O–H groups in total. The summed E-state index contributed by atoms with van der Waals surface area (Å²) in [5, 5.41) is 4.18. The highest BCUT2D eigenvalue weighted by Crippen LogP contribution is 2.31. The number of likely N-dealkylation sites (tertiary alicyclic amines) is 1.